The zero-order valence-corrected chi connectivity index (χ0v) is 12.4. The maximum Gasteiger partial charge on any atom is 0.150 e. The molecule has 0 aromatic heterocycles. The quantitative estimate of drug-likeness (QED) is 0.859. The topological polar surface area (TPSA) is 51.2 Å². The molecule has 1 saturated heterocycles. The molecule has 1 aliphatic rings. The van der Waals surface area contributed by atoms with Gasteiger partial charge in [0.25, 0.3) is 0 Å². The van der Waals surface area contributed by atoms with Crippen molar-refractivity contribution in [2.24, 2.45) is 5.92 Å². The number of benzene rings is 1. The van der Waals surface area contributed by atoms with Gasteiger partial charge < -0.3 is 0 Å². The van der Waals surface area contributed by atoms with Crippen LogP contribution < -0.4 is 0 Å². The zero-order chi connectivity index (χ0) is 14.0. The Kier molecular flexibility index (Phi) is 4.31. The molecule has 0 aliphatic carbocycles. The van der Waals surface area contributed by atoms with Crippen molar-refractivity contribution < 1.29 is 13.2 Å². The van der Waals surface area contributed by atoms with Crippen LogP contribution in [0.2, 0.25) is 5.02 Å². The summed E-state index contributed by atoms with van der Waals surface area (Å²) in [4.78, 5) is 12.0. The highest BCUT2D eigenvalue weighted by Gasteiger charge is 2.29. The second kappa shape index (κ2) is 5.63. The van der Waals surface area contributed by atoms with E-state index in [0.717, 1.165) is 11.1 Å². The molecule has 0 radical (unpaired) electrons. The molecule has 19 heavy (non-hydrogen) atoms. The molecule has 5 heteroatoms. The van der Waals surface area contributed by atoms with Crippen LogP contribution >= 0.6 is 11.6 Å². The lowest BCUT2D eigenvalue weighted by Crippen LogP contribution is -2.12. The third kappa shape index (κ3) is 4.05. The monoisotopic (exact) mass is 300 g/mol. The maximum atomic E-state index is 12.0. The molecule has 1 aliphatic heterocycles. The highest BCUT2D eigenvalue weighted by atomic mass is 35.5. The predicted octanol–water partition coefficient (Wildman–Crippen LogP) is 2.58. The van der Waals surface area contributed by atoms with Gasteiger partial charge in [-0.1, -0.05) is 23.7 Å². The molecule has 1 unspecified atom stereocenters. The molecule has 3 nitrogen and oxygen atoms in total. The largest absolute Gasteiger partial charge is 0.299 e. The van der Waals surface area contributed by atoms with Gasteiger partial charge in [0, 0.05) is 17.9 Å². The molecular weight excluding hydrogens is 284 g/mol. The van der Waals surface area contributed by atoms with Crippen molar-refractivity contribution in [3.8, 4) is 0 Å². The molecule has 0 spiro atoms. The average molecular weight is 301 g/mol. The summed E-state index contributed by atoms with van der Waals surface area (Å²) >= 11 is 6.09. The molecular formula is C14H17ClO3S. The number of carbonyl (C=O) groups excluding carboxylic acids is 1. The van der Waals surface area contributed by atoms with Crippen molar-refractivity contribution >= 4 is 27.2 Å². The number of aryl methyl sites for hydroxylation is 1. The third-order valence-corrected chi connectivity index (χ3v) is 5.63. The van der Waals surface area contributed by atoms with E-state index in [1.54, 1.807) is 0 Å². The number of ketones is 1. The lowest BCUT2D eigenvalue weighted by atomic mass is 9.97. The normalized spacial score (nSPS) is 21.5. The van der Waals surface area contributed by atoms with Crippen LogP contribution in [-0.4, -0.2) is 25.7 Å². The van der Waals surface area contributed by atoms with Gasteiger partial charge in [-0.05, 0) is 36.5 Å². The molecule has 0 bridgehead atoms. The van der Waals surface area contributed by atoms with Crippen LogP contribution in [-0.2, 0) is 21.1 Å². The fraction of sp³-hybridized carbons (Fsp3) is 0.500. The smallest absolute Gasteiger partial charge is 0.150 e. The van der Waals surface area contributed by atoms with E-state index in [0.29, 0.717) is 17.9 Å². The summed E-state index contributed by atoms with van der Waals surface area (Å²) in [5.41, 5.74) is 1.88. The van der Waals surface area contributed by atoms with E-state index in [9.17, 15) is 13.2 Å². The molecule has 0 amide bonds. The highest BCUT2D eigenvalue weighted by molar-refractivity contribution is 7.91. The highest BCUT2D eigenvalue weighted by Crippen LogP contribution is 2.24. The SMILES string of the molecule is Cc1ccc(CC(=O)CC2CCS(=O)(=O)C2)c(Cl)c1. The first-order valence-corrected chi connectivity index (χ1v) is 8.53. The lowest BCUT2D eigenvalue weighted by Gasteiger charge is -2.08. The van der Waals surface area contributed by atoms with Crippen molar-refractivity contribution in [3.63, 3.8) is 0 Å². The van der Waals surface area contributed by atoms with Gasteiger partial charge in [0.05, 0.1) is 11.5 Å². The Hall–Kier alpha value is -0.870. The number of rotatable bonds is 4. The molecule has 1 heterocycles. The molecule has 1 aromatic carbocycles. The summed E-state index contributed by atoms with van der Waals surface area (Å²) in [5.74, 6) is 0.422. The Labute approximate surface area is 118 Å². The van der Waals surface area contributed by atoms with Crippen molar-refractivity contribution in [2.45, 2.75) is 26.2 Å². The first kappa shape index (κ1) is 14.5. The van der Waals surface area contributed by atoms with Gasteiger partial charge in [-0.15, -0.1) is 0 Å². The molecule has 0 saturated carbocycles. The van der Waals surface area contributed by atoms with E-state index in [4.69, 9.17) is 11.6 Å². The van der Waals surface area contributed by atoms with Crippen LogP contribution in [0.4, 0.5) is 0 Å². The number of hydrogen-bond donors (Lipinski definition) is 0. The number of carbonyl (C=O) groups is 1. The van der Waals surface area contributed by atoms with Crippen molar-refractivity contribution in [1.82, 2.24) is 0 Å². The first-order valence-electron chi connectivity index (χ1n) is 6.33. The van der Waals surface area contributed by atoms with Crippen molar-refractivity contribution in [2.75, 3.05) is 11.5 Å². The summed E-state index contributed by atoms with van der Waals surface area (Å²) in [6, 6.07) is 5.62. The Morgan fingerprint density at radius 2 is 2.16 bits per heavy atom. The molecule has 0 N–H and O–H groups in total. The molecule has 1 fully saturated rings. The zero-order valence-electron chi connectivity index (χ0n) is 10.9. The number of halogens is 1. The second-order valence-corrected chi connectivity index (χ2v) is 7.92. The lowest BCUT2D eigenvalue weighted by molar-refractivity contribution is -0.119. The van der Waals surface area contributed by atoms with Gasteiger partial charge in [0.1, 0.15) is 5.78 Å². The minimum Gasteiger partial charge on any atom is -0.299 e. The molecule has 1 atom stereocenters. The summed E-state index contributed by atoms with van der Waals surface area (Å²) in [5, 5.41) is 0.604. The van der Waals surface area contributed by atoms with E-state index < -0.39 is 9.84 Å². The predicted molar refractivity (Wildman–Crippen MR) is 76.3 cm³/mol. The fourth-order valence-electron chi connectivity index (χ4n) is 2.44. The van der Waals surface area contributed by atoms with Crippen molar-refractivity contribution in [1.29, 1.82) is 0 Å². The van der Waals surface area contributed by atoms with E-state index in [2.05, 4.69) is 0 Å². The van der Waals surface area contributed by atoms with Crippen LogP contribution in [0.3, 0.4) is 0 Å². The number of hydrogen-bond acceptors (Lipinski definition) is 3. The molecule has 1 aromatic rings. The van der Waals surface area contributed by atoms with E-state index in [-0.39, 0.29) is 29.6 Å². The molecule has 104 valence electrons. The number of Topliss-reactive ketones (excluding diaryl/α,β-unsaturated/α-hetero) is 1. The van der Waals surface area contributed by atoms with Crippen LogP contribution in [0.25, 0.3) is 0 Å². The Morgan fingerprint density at radius 3 is 2.74 bits per heavy atom. The maximum absolute atomic E-state index is 12.0. The molecule has 2 rings (SSSR count). The first-order chi connectivity index (χ1) is 8.85. The van der Waals surface area contributed by atoms with Gasteiger partial charge in [-0.2, -0.15) is 0 Å². The minimum absolute atomic E-state index is 0.0123. The Bertz CT molecular complexity index is 593. The Morgan fingerprint density at radius 1 is 1.42 bits per heavy atom. The van der Waals surface area contributed by atoms with E-state index in [1.165, 1.54) is 0 Å². The van der Waals surface area contributed by atoms with Crippen LogP contribution in [0, 0.1) is 12.8 Å². The van der Waals surface area contributed by atoms with E-state index in [1.807, 2.05) is 25.1 Å². The van der Waals surface area contributed by atoms with Gasteiger partial charge in [-0.3, -0.25) is 4.79 Å². The fourth-order valence-corrected chi connectivity index (χ4v) is 4.60. The number of sulfone groups is 1. The van der Waals surface area contributed by atoms with Gasteiger partial charge in [0.2, 0.25) is 0 Å². The second-order valence-electron chi connectivity index (χ2n) is 5.28. The van der Waals surface area contributed by atoms with E-state index >= 15 is 0 Å². The Balaban J connectivity index is 1.95. The van der Waals surface area contributed by atoms with Crippen LogP contribution in [0.1, 0.15) is 24.0 Å². The third-order valence-electron chi connectivity index (χ3n) is 3.44. The summed E-state index contributed by atoms with van der Waals surface area (Å²) < 4.78 is 22.7. The average Bonchev–Trinajstić information content (AvgIpc) is 2.62. The standard InChI is InChI=1S/C14H17ClO3S/c1-10-2-3-12(14(15)6-10)8-13(16)7-11-4-5-19(17,18)9-11/h2-3,6,11H,4-5,7-9H2,1H3. The summed E-state index contributed by atoms with van der Waals surface area (Å²) in [6.07, 6.45) is 1.23. The van der Waals surface area contributed by atoms with Crippen LogP contribution in [0.15, 0.2) is 18.2 Å². The van der Waals surface area contributed by atoms with Crippen molar-refractivity contribution in [3.05, 3.63) is 34.3 Å². The summed E-state index contributed by atoms with van der Waals surface area (Å²) in [7, 11) is -2.91. The minimum atomic E-state index is -2.91. The van der Waals surface area contributed by atoms with Gasteiger partial charge in [-0.25, -0.2) is 8.42 Å². The summed E-state index contributed by atoms with van der Waals surface area (Å²) in [6.45, 7) is 1.95. The van der Waals surface area contributed by atoms with Gasteiger partial charge in [0.15, 0.2) is 9.84 Å². The van der Waals surface area contributed by atoms with Crippen LogP contribution in [0.5, 0.6) is 0 Å². The van der Waals surface area contributed by atoms with Gasteiger partial charge >= 0.3 is 0 Å².